The summed E-state index contributed by atoms with van der Waals surface area (Å²) in [6.07, 6.45) is 5.40. The fraction of sp³-hybridized carbons (Fsp3) is 0.100. The maximum atomic E-state index is 11.7. The molecule has 5 heteroatoms. The summed E-state index contributed by atoms with van der Waals surface area (Å²) in [6.45, 7) is -0.0865. The number of hydrogen-bond donors (Lipinski definition) is 1. The molecule has 0 aliphatic rings. The number of aromatic nitrogens is 1. The van der Waals surface area contributed by atoms with E-state index in [0.29, 0.717) is 5.75 Å². The third-order valence-electron chi connectivity index (χ3n) is 3.59. The lowest BCUT2D eigenvalue weighted by atomic mass is 10.1. The summed E-state index contributed by atoms with van der Waals surface area (Å²) < 4.78 is 7.38. The first-order valence-electron chi connectivity index (χ1n) is 7.93. The number of ether oxygens (including phenoxy) is 1. The van der Waals surface area contributed by atoms with Gasteiger partial charge in [0.15, 0.2) is 6.61 Å². The third kappa shape index (κ3) is 4.81. The van der Waals surface area contributed by atoms with E-state index < -0.39 is 0 Å². The molecule has 0 spiro atoms. The number of nitrogens with zero attached hydrogens (tertiary/aromatic N) is 2. The molecule has 3 aromatic rings. The Bertz CT molecular complexity index is 852. The summed E-state index contributed by atoms with van der Waals surface area (Å²) in [5.41, 5.74) is 5.60. The first kappa shape index (κ1) is 16.5. The van der Waals surface area contributed by atoms with Crippen LogP contribution in [0.5, 0.6) is 5.75 Å². The molecule has 1 N–H and O–H groups in total. The van der Waals surface area contributed by atoms with Gasteiger partial charge >= 0.3 is 0 Å². The number of amides is 1. The summed E-state index contributed by atoms with van der Waals surface area (Å²) in [5, 5.41) is 3.90. The van der Waals surface area contributed by atoms with E-state index in [2.05, 4.69) is 10.5 Å². The van der Waals surface area contributed by atoms with Crippen LogP contribution >= 0.6 is 0 Å². The lowest BCUT2D eigenvalue weighted by Crippen LogP contribution is -2.24. The van der Waals surface area contributed by atoms with Crippen LogP contribution in [0.2, 0.25) is 0 Å². The fourth-order valence-electron chi connectivity index (χ4n) is 2.34. The Hall–Kier alpha value is -3.34. The maximum Gasteiger partial charge on any atom is 0.277 e. The molecular formula is C20H19N3O2. The van der Waals surface area contributed by atoms with Crippen molar-refractivity contribution in [2.45, 2.75) is 0 Å². The molecule has 0 fully saturated rings. The second-order valence-corrected chi connectivity index (χ2v) is 5.58. The molecule has 0 aliphatic heterocycles. The van der Waals surface area contributed by atoms with Crippen molar-refractivity contribution in [3.63, 3.8) is 0 Å². The highest BCUT2D eigenvalue weighted by Crippen LogP contribution is 2.21. The second kappa shape index (κ2) is 7.97. The van der Waals surface area contributed by atoms with E-state index in [0.717, 1.165) is 16.7 Å². The number of carbonyl (C=O) groups is 1. The van der Waals surface area contributed by atoms with Crippen LogP contribution in [-0.2, 0) is 11.8 Å². The first-order valence-corrected chi connectivity index (χ1v) is 7.93. The minimum Gasteiger partial charge on any atom is -0.484 e. The van der Waals surface area contributed by atoms with Gasteiger partial charge < -0.3 is 9.30 Å². The molecule has 25 heavy (non-hydrogen) atoms. The van der Waals surface area contributed by atoms with Crippen molar-refractivity contribution < 1.29 is 9.53 Å². The zero-order chi connectivity index (χ0) is 17.5. The molecule has 0 bridgehead atoms. The van der Waals surface area contributed by atoms with Gasteiger partial charge in [0.05, 0.1) is 6.21 Å². The minimum atomic E-state index is -0.306. The van der Waals surface area contributed by atoms with Crippen molar-refractivity contribution in [1.29, 1.82) is 0 Å². The van der Waals surface area contributed by atoms with Gasteiger partial charge in [-0.05, 0) is 29.3 Å². The zero-order valence-electron chi connectivity index (χ0n) is 13.9. The SMILES string of the molecule is Cn1ccc(/C=N/NC(=O)COc2ccc(-c3ccccc3)cc2)c1. The van der Waals surface area contributed by atoms with Crippen LogP contribution in [-0.4, -0.2) is 23.3 Å². The molecule has 0 aliphatic carbocycles. The van der Waals surface area contributed by atoms with Crippen molar-refractivity contribution in [3.05, 3.63) is 78.6 Å². The largest absolute Gasteiger partial charge is 0.484 e. The molecule has 0 saturated carbocycles. The smallest absolute Gasteiger partial charge is 0.277 e. The van der Waals surface area contributed by atoms with Gasteiger partial charge in [-0.25, -0.2) is 5.43 Å². The number of hydrogen-bond acceptors (Lipinski definition) is 3. The molecule has 5 nitrogen and oxygen atoms in total. The van der Waals surface area contributed by atoms with Gasteiger partial charge in [-0.1, -0.05) is 42.5 Å². The number of nitrogens with one attached hydrogen (secondary N) is 1. The standard InChI is InChI=1S/C20H19N3O2/c1-23-12-11-16(14-23)13-21-22-20(24)15-25-19-9-7-18(8-10-19)17-5-3-2-4-6-17/h2-14H,15H2,1H3,(H,22,24)/b21-13+. The van der Waals surface area contributed by atoms with Crippen molar-refractivity contribution >= 4 is 12.1 Å². The summed E-state index contributed by atoms with van der Waals surface area (Å²) in [7, 11) is 1.92. The second-order valence-electron chi connectivity index (χ2n) is 5.58. The topological polar surface area (TPSA) is 55.6 Å². The number of hydrazone groups is 1. The van der Waals surface area contributed by atoms with Crippen LogP contribution in [0, 0.1) is 0 Å². The van der Waals surface area contributed by atoms with E-state index in [1.165, 1.54) is 0 Å². The Morgan fingerprint density at radius 1 is 1.08 bits per heavy atom. The lowest BCUT2D eigenvalue weighted by Gasteiger charge is -2.06. The van der Waals surface area contributed by atoms with E-state index >= 15 is 0 Å². The highest BCUT2D eigenvalue weighted by molar-refractivity contribution is 5.82. The molecule has 0 atom stereocenters. The average Bonchev–Trinajstić information content (AvgIpc) is 3.06. The molecule has 3 rings (SSSR count). The number of rotatable bonds is 6. The summed E-state index contributed by atoms with van der Waals surface area (Å²) in [4.78, 5) is 11.7. The van der Waals surface area contributed by atoms with E-state index in [9.17, 15) is 4.79 Å². The van der Waals surface area contributed by atoms with Crippen molar-refractivity contribution in [1.82, 2.24) is 9.99 Å². The molecule has 1 heterocycles. The lowest BCUT2D eigenvalue weighted by molar-refractivity contribution is -0.123. The van der Waals surface area contributed by atoms with Crippen LogP contribution in [0.25, 0.3) is 11.1 Å². The molecule has 126 valence electrons. The predicted molar refractivity (Wildman–Crippen MR) is 98.5 cm³/mol. The summed E-state index contributed by atoms with van der Waals surface area (Å²) >= 11 is 0. The fourth-order valence-corrected chi connectivity index (χ4v) is 2.34. The Kier molecular flexibility index (Phi) is 5.26. The van der Waals surface area contributed by atoms with Gasteiger partial charge in [0.25, 0.3) is 5.91 Å². The van der Waals surface area contributed by atoms with Crippen LogP contribution in [0.1, 0.15) is 5.56 Å². The highest BCUT2D eigenvalue weighted by Gasteiger charge is 2.02. The van der Waals surface area contributed by atoms with Crippen molar-refractivity contribution in [3.8, 4) is 16.9 Å². The van der Waals surface area contributed by atoms with E-state index in [-0.39, 0.29) is 12.5 Å². The van der Waals surface area contributed by atoms with Crippen LogP contribution < -0.4 is 10.2 Å². The van der Waals surface area contributed by atoms with E-state index in [4.69, 9.17) is 4.74 Å². The van der Waals surface area contributed by atoms with Crippen LogP contribution in [0.15, 0.2) is 78.2 Å². The van der Waals surface area contributed by atoms with Gasteiger partial charge in [0.2, 0.25) is 0 Å². The zero-order valence-corrected chi connectivity index (χ0v) is 13.9. The maximum absolute atomic E-state index is 11.7. The Labute approximate surface area is 146 Å². The number of benzene rings is 2. The van der Waals surface area contributed by atoms with Gasteiger partial charge in [-0.2, -0.15) is 5.10 Å². The number of carbonyl (C=O) groups excluding carboxylic acids is 1. The third-order valence-corrected chi connectivity index (χ3v) is 3.59. The Morgan fingerprint density at radius 3 is 2.48 bits per heavy atom. The Morgan fingerprint density at radius 2 is 1.80 bits per heavy atom. The van der Waals surface area contributed by atoms with Crippen LogP contribution in [0.4, 0.5) is 0 Å². The van der Waals surface area contributed by atoms with E-state index in [1.807, 2.05) is 84.7 Å². The summed E-state index contributed by atoms with van der Waals surface area (Å²) in [5.74, 6) is 0.334. The van der Waals surface area contributed by atoms with Crippen molar-refractivity contribution in [2.24, 2.45) is 12.1 Å². The predicted octanol–water partition coefficient (Wildman–Crippen LogP) is 3.22. The first-order chi connectivity index (χ1) is 12.2. The van der Waals surface area contributed by atoms with Gasteiger partial charge in [0, 0.05) is 25.0 Å². The molecular weight excluding hydrogens is 314 g/mol. The highest BCUT2D eigenvalue weighted by atomic mass is 16.5. The quantitative estimate of drug-likeness (QED) is 0.556. The molecule has 2 aromatic carbocycles. The van der Waals surface area contributed by atoms with Gasteiger partial charge in [0.1, 0.15) is 5.75 Å². The van der Waals surface area contributed by atoms with Crippen LogP contribution in [0.3, 0.4) is 0 Å². The van der Waals surface area contributed by atoms with Crippen molar-refractivity contribution in [2.75, 3.05) is 6.61 Å². The molecule has 0 radical (unpaired) electrons. The number of aryl methyl sites for hydroxylation is 1. The monoisotopic (exact) mass is 333 g/mol. The van der Waals surface area contributed by atoms with E-state index in [1.54, 1.807) is 6.21 Å². The average molecular weight is 333 g/mol. The molecule has 1 amide bonds. The molecule has 1 aromatic heterocycles. The Balaban J connectivity index is 1.48. The normalized spacial score (nSPS) is 10.8. The van der Waals surface area contributed by atoms with Gasteiger partial charge in [-0.15, -0.1) is 0 Å². The minimum absolute atomic E-state index is 0.0865. The van der Waals surface area contributed by atoms with Gasteiger partial charge in [-0.3, -0.25) is 4.79 Å². The molecule has 0 saturated heterocycles. The summed E-state index contributed by atoms with van der Waals surface area (Å²) in [6, 6.07) is 19.6. The molecule has 0 unspecified atom stereocenters.